The standard InChI is InChI=1S/C23H27N5O6.C2H4O2/c1-3-33-23(28-11-15-8-16(32-2)6-7-17(15)22(28)31)21(30)27-10-14-5-4-13(20(25)26)9-18(14)34-12-19(24)29;1-2(3)4/h4-9,23H,3,10-12H2,1-2H3,(H2,24,29)(H3,25,26)(H,27,30);1H3,(H,3,4). The van der Waals surface area contributed by atoms with Gasteiger partial charge in [-0.05, 0) is 36.8 Å². The fraction of sp³-hybridized carbons (Fsp3) is 0.320. The van der Waals surface area contributed by atoms with Crippen LogP contribution < -0.4 is 26.3 Å². The molecular weight excluding hydrogens is 498 g/mol. The van der Waals surface area contributed by atoms with Crippen LogP contribution in [0.1, 0.15) is 40.9 Å². The summed E-state index contributed by atoms with van der Waals surface area (Å²) in [5, 5.41) is 17.7. The van der Waals surface area contributed by atoms with E-state index in [-0.39, 0.29) is 43.8 Å². The first-order chi connectivity index (χ1) is 18.0. The van der Waals surface area contributed by atoms with Gasteiger partial charge in [-0.1, -0.05) is 12.1 Å². The third-order valence-corrected chi connectivity index (χ3v) is 5.18. The molecule has 0 bridgehead atoms. The first-order valence-electron chi connectivity index (χ1n) is 11.4. The molecule has 0 saturated heterocycles. The zero-order valence-electron chi connectivity index (χ0n) is 21.3. The minimum Gasteiger partial charge on any atom is -0.497 e. The van der Waals surface area contributed by atoms with Gasteiger partial charge in [-0.15, -0.1) is 0 Å². The van der Waals surface area contributed by atoms with Crippen LogP contribution in [-0.4, -0.2) is 66.1 Å². The lowest BCUT2D eigenvalue weighted by atomic mass is 10.1. The number of amidine groups is 1. The average molecular weight is 530 g/mol. The van der Waals surface area contributed by atoms with Gasteiger partial charge in [0.15, 0.2) is 6.61 Å². The summed E-state index contributed by atoms with van der Waals surface area (Å²) in [4.78, 5) is 47.5. The predicted octanol–water partition coefficient (Wildman–Crippen LogP) is 0.569. The lowest BCUT2D eigenvalue weighted by molar-refractivity contribution is -0.143. The van der Waals surface area contributed by atoms with Crippen molar-refractivity contribution in [3.05, 3.63) is 58.7 Å². The Morgan fingerprint density at radius 2 is 1.87 bits per heavy atom. The van der Waals surface area contributed by atoms with Crippen molar-refractivity contribution in [2.75, 3.05) is 20.3 Å². The Morgan fingerprint density at radius 3 is 2.45 bits per heavy atom. The van der Waals surface area contributed by atoms with E-state index in [1.807, 2.05) is 0 Å². The van der Waals surface area contributed by atoms with Crippen molar-refractivity contribution < 1.29 is 38.5 Å². The minimum absolute atomic E-state index is 0.0114. The third-order valence-electron chi connectivity index (χ3n) is 5.18. The smallest absolute Gasteiger partial charge is 0.300 e. The van der Waals surface area contributed by atoms with Crippen LogP contribution in [0, 0.1) is 5.41 Å². The second-order valence-electron chi connectivity index (χ2n) is 7.99. The molecule has 0 saturated carbocycles. The zero-order chi connectivity index (χ0) is 28.4. The summed E-state index contributed by atoms with van der Waals surface area (Å²) in [6.45, 7) is 2.85. The number of primary amides is 1. The van der Waals surface area contributed by atoms with Crippen molar-refractivity contribution in [1.29, 1.82) is 5.41 Å². The van der Waals surface area contributed by atoms with Gasteiger partial charge in [0.05, 0.1) is 7.11 Å². The summed E-state index contributed by atoms with van der Waals surface area (Å²) in [6.07, 6.45) is -1.15. The van der Waals surface area contributed by atoms with Crippen LogP contribution in [-0.2, 0) is 32.2 Å². The van der Waals surface area contributed by atoms with Crippen LogP contribution in [0.5, 0.6) is 11.5 Å². The van der Waals surface area contributed by atoms with Crippen LogP contribution in [0.4, 0.5) is 0 Å². The second kappa shape index (κ2) is 13.6. The highest BCUT2D eigenvalue weighted by atomic mass is 16.5. The summed E-state index contributed by atoms with van der Waals surface area (Å²) in [7, 11) is 1.54. The molecule has 13 heteroatoms. The highest BCUT2D eigenvalue weighted by Gasteiger charge is 2.37. The number of benzene rings is 2. The van der Waals surface area contributed by atoms with E-state index in [1.165, 1.54) is 18.1 Å². The first-order valence-corrected chi connectivity index (χ1v) is 11.4. The van der Waals surface area contributed by atoms with E-state index >= 15 is 0 Å². The van der Waals surface area contributed by atoms with E-state index in [4.69, 9.17) is 41.0 Å². The molecule has 0 aliphatic carbocycles. The SMILES string of the molecule is CC(=O)O.CCOC(C(=O)NCc1ccc(C(=N)N)cc1OCC(N)=O)N1Cc2cc(OC)ccc2C1=O. The molecule has 3 amide bonds. The number of nitrogens with one attached hydrogen (secondary N) is 2. The lowest BCUT2D eigenvalue weighted by Gasteiger charge is -2.26. The van der Waals surface area contributed by atoms with Crippen molar-refractivity contribution in [3.8, 4) is 11.5 Å². The summed E-state index contributed by atoms with van der Waals surface area (Å²) >= 11 is 0. The predicted molar refractivity (Wildman–Crippen MR) is 136 cm³/mol. The number of carbonyl (C=O) groups is 4. The highest BCUT2D eigenvalue weighted by molar-refractivity contribution is 6.01. The van der Waals surface area contributed by atoms with E-state index in [2.05, 4.69) is 5.32 Å². The van der Waals surface area contributed by atoms with Gasteiger partial charge in [-0.2, -0.15) is 0 Å². The van der Waals surface area contributed by atoms with Crippen LogP contribution >= 0.6 is 0 Å². The topological polar surface area (TPSA) is 207 Å². The second-order valence-corrected chi connectivity index (χ2v) is 7.99. The number of carboxylic acids is 1. The van der Waals surface area contributed by atoms with E-state index < -0.39 is 24.0 Å². The number of carbonyl (C=O) groups excluding carboxylic acids is 3. The van der Waals surface area contributed by atoms with Crippen LogP contribution in [0.2, 0.25) is 0 Å². The Hall–Kier alpha value is -4.65. The van der Waals surface area contributed by atoms with E-state index in [9.17, 15) is 14.4 Å². The Bertz CT molecular complexity index is 1210. The summed E-state index contributed by atoms with van der Waals surface area (Å²) < 4.78 is 16.3. The molecule has 13 nitrogen and oxygen atoms in total. The molecule has 7 N–H and O–H groups in total. The highest BCUT2D eigenvalue weighted by Crippen LogP contribution is 2.29. The Labute approximate surface area is 219 Å². The maximum atomic E-state index is 13.0. The fourth-order valence-electron chi connectivity index (χ4n) is 3.52. The molecule has 0 spiro atoms. The molecule has 0 fully saturated rings. The molecule has 1 unspecified atom stereocenters. The number of fused-ring (bicyclic) bond motifs is 1. The number of amides is 3. The molecule has 1 heterocycles. The Balaban J connectivity index is 0.00000118. The monoisotopic (exact) mass is 529 g/mol. The van der Waals surface area contributed by atoms with Gasteiger partial charge in [-0.25, -0.2) is 0 Å². The van der Waals surface area contributed by atoms with Gasteiger partial charge < -0.3 is 41.0 Å². The fourth-order valence-corrected chi connectivity index (χ4v) is 3.52. The minimum atomic E-state index is -1.15. The number of nitrogen functional groups attached to an aromatic ring is 1. The number of ether oxygens (including phenoxy) is 3. The van der Waals surface area contributed by atoms with Crippen LogP contribution in [0.25, 0.3) is 0 Å². The zero-order valence-corrected chi connectivity index (χ0v) is 21.3. The van der Waals surface area contributed by atoms with Gasteiger partial charge in [-0.3, -0.25) is 24.6 Å². The van der Waals surface area contributed by atoms with Crippen molar-refractivity contribution in [3.63, 3.8) is 0 Å². The molecule has 0 radical (unpaired) electrons. The van der Waals surface area contributed by atoms with Gasteiger partial charge in [0, 0.05) is 43.3 Å². The van der Waals surface area contributed by atoms with E-state index in [1.54, 1.807) is 37.3 Å². The molecule has 0 aromatic heterocycles. The summed E-state index contributed by atoms with van der Waals surface area (Å²) in [6, 6.07) is 9.81. The van der Waals surface area contributed by atoms with Crippen molar-refractivity contribution >= 4 is 29.5 Å². The molecule has 1 aliphatic rings. The number of hydrogen-bond donors (Lipinski definition) is 5. The van der Waals surface area contributed by atoms with Crippen molar-refractivity contribution in [2.24, 2.45) is 11.5 Å². The number of hydrogen-bond acceptors (Lipinski definition) is 8. The van der Waals surface area contributed by atoms with E-state index in [0.717, 1.165) is 12.5 Å². The maximum absolute atomic E-state index is 13.0. The molecule has 2 aromatic carbocycles. The molecule has 1 aliphatic heterocycles. The van der Waals surface area contributed by atoms with Crippen molar-refractivity contribution in [1.82, 2.24) is 10.2 Å². The molecule has 3 rings (SSSR count). The van der Waals surface area contributed by atoms with Gasteiger partial charge >= 0.3 is 0 Å². The number of methoxy groups -OCH3 is 1. The molecule has 2 aromatic rings. The quantitative estimate of drug-likeness (QED) is 0.203. The number of carboxylic acid groups (broad SMARTS) is 1. The number of rotatable bonds is 11. The number of nitrogens with zero attached hydrogens (tertiary/aromatic N) is 1. The number of aliphatic carboxylic acids is 1. The first kappa shape index (κ1) is 29.6. The molecule has 38 heavy (non-hydrogen) atoms. The normalized spacial score (nSPS) is 12.5. The van der Waals surface area contributed by atoms with Crippen LogP contribution in [0.3, 0.4) is 0 Å². The number of nitrogens with two attached hydrogens (primary N) is 2. The Kier molecular flexibility index (Phi) is 10.6. The lowest BCUT2D eigenvalue weighted by Crippen LogP contribution is -2.48. The average Bonchev–Trinajstić information content (AvgIpc) is 3.19. The van der Waals surface area contributed by atoms with Gasteiger partial charge in [0.25, 0.3) is 23.7 Å². The molecule has 1 atom stereocenters. The van der Waals surface area contributed by atoms with Crippen LogP contribution in [0.15, 0.2) is 36.4 Å². The third kappa shape index (κ3) is 7.93. The largest absolute Gasteiger partial charge is 0.497 e. The Morgan fingerprint density at radius 1 is 1.18 bits per heavy atom. The molecule has 204 valence electrons. The van der Waals surface area contributed by atoms with Gasteiger partial charge in [0.2, 0.25) is 6.23 Å². The van der Waals surface area contributed by atoms with Gasteiger partial charge in [0.1, 0.15) is 17.3 Å². The summed E-state index contributed by atoms with van der Waals surface area (Å²) in [5.41, 5.74) is 12.8. The van der Waals surface area contributed by atoms with Crippen molar-refractivity contribution in [2.45, 2.75) is 33.2 Å². The maximum Gasteiger partial charge on any atom is 0.300 e. The van der Waals surface area contributed by atoms with E-state index in [0.29, 0.717) is 22.4 Å². The summed E-state index contributed by atoms with van der Waals surface area (Å²) in [5.74, 6) is -1.67. The molecular formula is C25H31N5O8.